The number of benzene rings is 2. The number of aryl methyl sites for hydroxylation is 1. The summed E-state index contributed by atoms with van der Waals surface area (Å²) in [7, 11) is -2.04. The molecule has 1 aromatic heterocycles. The SMILES string of the molecule is Cc1ccc(C(O)c2c(C3CCCC3)nc3c(c2-c2ccc(F)cc2)C(O[Si](C)(C)C(C)C)CC(C)(C)C3)cc1. The van der Waals surface area contributed by atoms with E-state index in [1.54, 1.807) is 0 Å². The Hall–Kier alpha value is -2.34. The molecular formula is C35H46FNO2Si. The van der Waals surface area contributed by atoms with Crippen LogP contribution in [0.5, 0.6) is 0 Å². The zero-order chi connectivity index (χ0) is 28.8. The Morgan fingerprint density at radius 1 is 1.00 bits per heavy atom. The van der Waals surface area contributed by atoms with Crippen LogP contribution < -0.4 is 0 Å². The van der Waals surface area contributed by atoms with Crippen LogP contribution >= 0.6 is 0 Å². The molecule has 2 unspecified atom stereocenters. The van der Waals surface area contributed by atoms with E-state index in [2.05, 4.69) is 59.8 Å². The largest absolute Gasteiger partial charge is 0.410 e. The van der Waals surface area contributed by atoms with Gasteiger partial charge in [-0.25, -0.2) is 4.39 Å². The van der Waals surface area contributed by atoms with E-state index in [0.717, 1.165) is 70.5 Å². The van der Waals surface area contributed by atoms with Gasteiger partial charge in [0.2, 0.25) is 0 Å². The van der Waals surface area contributed by atoms with Crippen molar-refractivity contribution < 1.29 is 13.9 Å². The number of nitrogens with zero attached hydrogens (tertiary/aromatic N) is 1. The Morgan fingerprint density at radius 3 is 2.23 bits per heavy atom. The summed E-state index contributed by atoms with van der Waals surface area (Å²) in [4.78, 5) is 5.49. The number of pyridine rings is 1. The number of hydrogen-bond acceptors (Lipinski definition) is 3. The highest BCUT2D eigenvalue weighted by Gasteiger charge is 2.42. The molecule has 2 aromatic carbocycles. The van der Waals surface area contributed by atoms with Gasteiger partial charge < -0.3 is 9.53 Å². The summed E-state index contributed by atoms with van der Waals surface area (Å²) in [5.41, 5.74) is 8.57. The molecule has 3 aromatic rings. The number of hydrogen-bond donors (Lipinski definition) is 1. The lowest BCUT2D eigenvalue weighted by Crippen LogP contribution is -2.39. The molecular weight excluding hydrogens is 513 g/mol. The maximum atomic E-state index is 14.2. The summed E-state index contributed by atoms with van der Waals surface area (Å²) in [6.07, 6.45) is 5.32. The molecule has 214 valence electrons. The van der Waals surface area contributed by atoms with Gasteiger partial charge in [-0.15, -0.1) is 0 Å². The molecule has 3 nitrogen and oxygen atoms in total. The summed E-state index contributed by atoms with van der Waals surface area (Å²) in [6, 6.07) is 15.0. The van der Waals surface area contributed by atoms with Crippen LogP contribution in [0.3, 0.4) is 0 Å². The Morgan fingerprint density at radius 2 is 1.62 bits per heavy atom. The van der Waals surface area contributed by atoms with Gasteiger partial charge in [-0.1, -0.05) is 82.5 Å². The molecule has 2 aliphatic rings. The first-order chi connectivity index (χ1) is 18.9. The summed E-state index contributed by atoms with van der Waals surface area (Å²) in [6.45, 7) is 15.8. The molecule has 40 heavy (non-hydrogen) atoms. The minimum absolute atomic E-state index is 0.0379. The van der Waals surface area contributed by atoms with Crippen molar-refractivity contribution in [2.24, 2.45) is 5.41 Å². The van der Waals surface area contributed by atoms with Crippen LogP contribution in [0.2, 0.25) is 18.6 Å². The molecule has 1 saturated carbocycles. The third-order valence-corrected chi connectivity index (χ3v) is 13.1. The van der Waals surface area contributed by atoms with Gasteiger partial charge in [0.05, 0.1) is 11.8 Å². The Kier molecular flexibility index (Phi) is 8.13. The van der Waals surface area contributed by atoms with Gasteiger partial charge >= 0.3 is 0 Å². The minimum Gasteiger partial charge on any atom is -0.410 e. The Bertz CT molecular complexity index is 1340. The van der Waals surface area contributed by atoms with Crippen LogP contribution in [0.4, 0.5) is 4.39 Å². The molecule has 2 aliphatic carbocycles. The zero-order valence-corrected chi connectivity index (χ0v) is 26.4. The summed E-state index contributed by atoms with van der Waals surface area (Å²) >= 11 is 0. The highest BCUT2D eigenvalue weighted by molar-refractivity contribution is 6.72. The molecule has 2 atom stereocenters. The van der Waals surface area contributed by atoms with Crippen molar-refractivity contribution in [1.29, 1.82) is 0 Å². The fourth-order valence-electron chi connectivity index (χ4n) is 6.53. The second-order valence-corrected chi connectivity index (χ2v) is 18.5. The van der Waals surface area contributed by atoms with Crippen molar-refractivity contribution in [1.82, 2.24) is 4.98 Å². The number of aliphatic hydroxyl groups excluding tert-OH is 1. The van der Waals surface area contributed by atoms with Crippen molar-refractivity contribution in [2.75, 3.05) is 0 Å². The van der Waals surface area contributed by atoms with Crippen LogP contribution in [0.15, 0.2) is 48.5 Å². The van der Waals surface area contributed by atoms with Crippen molar-refractivity contribution in [2.45, 2.75) is 110 Å². The van der Waals surface area contributed by atoms with Crippen molar-refractivity contribution in [3.63, 3.8) is 0 Å². The quantitative estimate of drug-likeness (QED) is 0.293. The van der Waals surface area contributed by atoms with Gasteiger partial charge in [-0.05, 0) is 85.5 Å². The number of aromatic nitrogens is 1. The molecule has 1 heterocycles. The third kappa shape index (κ3) is 5.84. The first kappa shape index (κ1) is 29.2. The Balaban J connectivity index is 1.83. The van der Waals surface area contributed by atoms with E-state index in [0.29, 0.717) is 11.5 Å². The highest BCUT2D eigenvalue weighted by Crippen LogP contribution is 2.52. The van der Waals surface area contributed by atoms with Crippen LogP contribution in [-0.4, -0.2) is 18.4 Å². The minimum atomic E-state index is -2.04. The van der Waals surface area contributed by atoms with Crippen molar-refractivity contribution in [3.8, 4) is 11.1 Å². The average molecular weight is 560 g/mol. The smallest absolute Gasteiger partial charge is 0.190 e. The zero-order valence-electron chi connectivity index (χ0n) is 25.4. The van der Waals surface area contributed by atoms with Gasteiger partial charge in [0.1, 0.15) is 11.9 Å². The van der Waals surface area contributed by atoms with Crippen LogP contribution in [0, 0.1) is 18.2 Å². The molecule has 0 spiro atoms. The first-order valence-corrected chi connectivity index (χ1v) is 18.1. The lowest BCUT2D eigenvalue weighted by Gasteiger charge is -2.43. The molecule has 0 bridgehead atoms. The van der Waals surface area contributed by atoms with Gasteiger partial charge in [0.15, 0.2) is 8.32 Å². The molecule has 1 fully saturated rings. The predicted octanol–water partition coefficient (Wildman–Crippen LogP) is 9.58. The van der Waals surface area contributed by atoms with E-state index < -0.39 is 14.4 Å². The van der Waals surface area contributed by atoms with Gasteiger partial charge in [-0.3, -0.25) is 4.98 Å². The molecule has 1 N–H and O–H groups in total. The van der Waals surface area contributed by atoms with Crippen LogP contribution in [-0.2, 0) is 10.8 Å². The summed E-state index contributed by atoms with van der Waals surface area (Å²) < 4.78 is 21.4. The molecule has 0 amide bonds. The van der Waals surface area contributed by atoms with Gasteiger partial charge in [0.25, 0.3) is 0 Å². The number of halogens is 1. The number of aliphatic hydroxyl groups is 1. The fourth-order valence-corrected chi connectivity index (χ4v) is 7.73. The standard InChI is InChI=1S/C35H46FNO2Si/c1-22(2)40(6,7)39-29-21-35(4,5)20-28-31(29)30(24-16-18-27(36)19-17-24)32(33(37-28)25-10-8-9-11-25)34(38)26-14-12-23(3)13-15-26/h12-19,22,25,29,34,38H,8-11,20-21H2,1-7H3. The normalized spacial score (nSPS) is 20.1. The second kappa shape index (κ2) is 11.1. The molecule has 0 radical (unpaired) electrons. The lowest BCUT2D eigenvalue weighted by molar-refractivity contribution is 0.110. The first-order valence-electron chi connectivity index (χ1n) is 15.1. The fraction of sp³-hybridized carbons (Fsp3) is 0.514. The third-order valence-electron chi connectivity index (χ3n) is 9.46. The summed E-state index contributed by atoms with van der Waals surface area (Å²) in [5, 5.41) is 12.2. The van der Waals surface area contributed by atoms with E-state index in [1.165, 1.54) is 25.0 Å². The van der Waals surface area contributed by atoms with E-state index in [1.807, 2.05) is 24.3 Å². The molecule has 0 saturated heterocycles. The van der Waals surface area contributed by atoms with Gasteiger partial charge in [0, 0.05) is 22.7 Å². The maximum Gasteiger partial charge on any atom is 0.190 e. The van der Waals surface area contributed by atoms with Crippen LogP contribution in [0.1, 0.15) is 112 Å². The predicted molar refractivity (Wildman–Crippen MR) is 165 cm³/mol. The van der Waals surface area contributed by atoms with Gasteiger partial charge in [-0.2, -0.15) is 0 Å². The molecule has 5 rings (SSSR count). The van der Waals surface area contributed by atoms with Crippen molar-refractivity contribution >= 4 is 8.32 Å². The average Bonchev–Trinajstić information content (AvgIpc) is 3.42. The molecule has 0 aliphatic heterocycles. The van der Waals surface area contributed by atoms with E-state index in [4.69, 9.17) is 9.41 Å². The van der Waals surface area contributed by atoms with Crippen molar-refractivity contribution in [3.05, 3.63) is 88.0 Å². The van der Waals surface area contributed by atoms with E-state index in [-0.39, 0.29) is 17.3 Å². The highest BCUT2D eigenvalue weighted by atomic mass is 28.4. The maximum absolute atomic E-state index is 14.2. The van der Waals surface area contributed by atoms with Crippen LogP contribution in [0.25, 0.3) is 11.1 Å². The topological polar surface area (TPSA) is 42.4 Å². The monoisotopic (exact) mass is 559 g/mol. The van der Waals surface area contributed by atoms with E-state index >= 15 is 0 Å². The molecule has 5 heteroatoms. The number of rotatable bonds is 7. The van der Waals surface area contributed by atoms with E-state index in [9.17, 15) is 9.50 Å². The number of fused-ring (bicyclic) bond motifs is 1. The lowest BCUT2D eigenvalue weighted by atomic mass is 9.71. The summed E-state index contributed by atoms with van der Waals surface area (Å²) in [5.74, 6) is 0.0519. The second-order valence-electron chi connectivity index (χ2n) is 13.9. The Labute approximate surface area is 241 Å².